The number of aryl methyl sites for hydroxylation is 1. The van der Waals surface area contributed by atoms with Crippen LogP contribution in [0.3, 0.4) is 0 Å². The number of amides is 2. The summed E-state index contributed by atoms with van der Waals surface area (Å²) in [6.07, 6.45) is 2.94. The number of hydrogen-bond acceptors (Lipinski definition) is 2. The van der Waals surface area contributed by atoms with Gasteiger partial charge in [0.25, 0.3) is 5.56 Å². The molecule has 132 valence electrons. The second-order valence-corrected chi connectivity index (χ2v) is 5.96. The Labute approximate surface area is 143 Å². The first-order valence-electron chi connectivity index (χ1n) is 8.23. The van der Waals surface area contributed by atoms with E-state index in [2.05, 4.69) is 5.32 Å². The first kappa shape index (κ1) is 17.1. The molecule has 0 radical (unpaired) electrons. The number of nitrogens with one attached hydrogen (secondary N) is 1. The molecule has 1 aliphatic heterocycles. The second kappa shape index (κ2) is 7.04. The van der Waals surface area contributed by atoms with E-state index in [4.69, 9.17) is 0 Å². The summed E-state index contributed by atoms with van der Waals surface area (Å²) < 4.78 is 28.7. The van der Waals surface area contributed by atoms with E-state index in [-0.39, 0.29) is 16.8 Å². The van der Waals surface area contributed by atoms with Gasteiger partial charge in [-0.05, 0) is 38.0 Å². The predicted molar refractivity (Wildman–Crippen MR) is 90.4 cm³/mol. The second-order valence-electron chi connectivity index (χ2n) is 5.96. The molecule has 1 N–H and O–H groups in total. The number of pyridine rings is 1. The van der Waals surface area contributed by atoms with Crippen molar-refractivity contribution < 1.29 is 13.6 Å². The van der Waals surface area contributed by atoms with Crippen molar-refractivity contribution in [1.29, 1.82) is 0 Å². The van der Waals surface area contributed by atoms with E-state index in [0.29, 0.717) is 25.9 Å². The molecular weight excluding hydrogens is 328 g/mol. The molecule has 0 saturated carbocycles. The molecule has 7 heteroatoms. The summed E-state index contributed by atoms with van der Waals surface area (Å²) in [4.78, 5) is 26.3. The Morgan fingerprint density at radius 1 is 1.32 bits per heavy atom. The lowest BCUT2D eigenvalue weighted by Crippen LogP contribution is -2.36. The van der Waals surface area contributed by atoms with E-state index < -0.39 is 23.7 Å². The van der Waals surface area contributed by atoms with E-state index in [1.807, 2.05) is 6.92 Å². The largest absolute Gasteiger partial charge is 0.322 e. The molecule has 2 heterocycles. The first-order valence-corrected chi connectivity index (χ1v) is 8.23. The van der Waals surface area contributed by atoms with Crippen molar-refractivity contribution in [2.75, 3.05) is 11.9 Å². The highest BCUT2D eigenvalue weighted by atomic mass is 19.1. The van der Waals surface area contributed by atoms with Gasteiger partial charge in [-0.15, -0.1) is 0 Å². The normalized spacial score (nSPS) is 16.9. The number of halogens is 2. The summed E-state index contributed by atoms with van der Waals surface area (Å²) in [5.41, 5.74) is 0.176. The molecule has 5 nitrogen and oxygen atoms in total. The molecule has 1 unspecified atom stereocenters. The van der Waals surface area contributed by atoms with Crippen LogP contribution in [0, 0.1) is 11.6 Å². The van der Waals surface area contributed by atoms with Gasteiger partial charge in [-0.25, -0.2) is 13.6 Å². The Morgan fingerprint density at radius 2 is 2.12 bits per heavy atom. The van der Waals surface area contributed by atoms with Gasteiger partial charge in [-0.3, -0.25) is 4.79 Å². The maximum absolute atomic E-state index is 14.1. The number of aromatic nitrogens is 1. The summed E-state index contributed by atoms with van der Waals surface area (Å²) in [5.74, 6) is -1.32. The van der Waals surface area contributed by atoms with Crippen LogP contribution in [0.4, 0.5) is 19.3 Å². The number of nitrogens with zero attached hydrogens (tertiary/aromatic N) is 2. The molecule has 1 aromatic heterocycles. The van der Waals surface area contributed by atoms with Crippen molar-refractivity contribution >= 4 is 11.7 Å². The highest BCUT2D eigenvalue weighted by molar-refractivity contribution is 5.89. The quantitative estimate of drug-likeness (QED) is 0.924. The molecule has 3 rings (SSSR count). The lowest BCUT2D eigenvalue weighted by atomic mass is 10.0. The van der Waals surface area contributed by atoms with Gasteiger partial charge >= 0.3 is 6.03 Å². The zero-order valence-electron chi connectivity index (χ0n) is 13.8. The fourth-order valence-corrected chi connectivity index (χ4v) is 3.17. The van der Waals surface area contributed by atoms with Gasteiger partial charge in [0.05, 0.1) is 6.04 Å². The number of rotatable bonds is 3. The standard InChI is InChI=1S/C18H19F2N3O2/c1-2-22-9-3-5-15(17(22)24)21-18(25)23-10-4-6-16(23)13-8-7-12(19)11-14(13)20/h3,5,7-9,11,16H,2,4,6,10H2,1H3,(H,21,25). The predicted octanol–water partition coefficient (Wildman–Crippen LogP) is 3.52. The van der Waals surface area contributed by atoms with Crippen molar-refractivity contribution in [3.8, 4) is 0 Å². The molecule has 25 heavy (non-hydrogen) atoms. The highest BCUT2D eigenvalue weighted by Gasteiger charge is 2.32. The third-order valence-electron chi connectivity index (χ3n) is 4.44. The van der Waals surface area contributed by atoms with E-state index in [1.54, 1.807) is 12.3 Å². The number of anilines is 1. The van der Waals surface area contributed by atoms with Crippen LogP contribution in [0.15, 0.2) is 41.3 Å². The molecular formula is C18H19F2N3O2. The van der Waals surface area contributed by atoms with Crippen LogP contribution in [0.25, 0.3) is 0 Å². The molecule has 2 aromatic rings. The Morgan fingerprint density at radius 3 is 2.84 bits per heavy atom. The van der Waals surface area contributed by atoms with Crippen molar-refractivity contribution in [1.82, 2.24) is 9.47 Å². The fourth-order valence-electron chi connectivity index (χ4n) is 3.17. The van der Waals surface area contributed by atoms with Crippen molar-refractivity contribution in [2.45, 2.75) is 32.4 Å². The number of likely N-dealkylation sites (tertiary alicyclic amines) is 1. The maximum atomic E-state index is 14.1. The van der Waals surface area contributed by atoms with Gasteiger partial charge in [0.15, 0.2) is 0 Å². The van der Waals surface area contributed by atoms with Crippen LogP contribution >= 0.6 is 0 Å². The topological polar surface area (TPSA) is 54.3 Å². The molecule has 0 bridgehead atoms. The summed E-state index contributed by atoms with van der Waals surface area (Å²) in [6, 6.07) is 5.66. The first-order chi connectivity index (χ1) is 12.0. The minimum atomic E-state index is -0.669. The van der Waals surface area contributed by atoms with Gasteiger partial charge in [0, 0.05) is 30.9 Å². The smallest absolute Gasteiger partial charge is 0.317 e. The molecule has 1 aliphatic rings. The van der Waals surface area contributed by atoms with Crippen LogP contribution in [0.1, 0.15) is 31.4 Å². The van der Waals surface area contributed by atoms with Gasteiger partial charge in [-0.2, -0.15) is 0 Å². The molecule has 2 amide bonds. The minimum absolute atomic E-state index is 0.180. The van der Waals surface area contributed by atoms with E-state index >= 15 is 0 Å². The molecule has 1 atom stereocenters. The summed E-state index contributed by atoms with van der Waals surface area (Å²) >= 11 is 0. The van der Waals surface area contributed by atoms with Gasteiger partial charge in [0.2, 0.25) is 0 Å². The van der Waals surface area contributed by atoms with Crippen LogP contribution in [-0.4, -0.2) is 22.0 Å². The fraction of sp³-hybridized carbons (Fsp3) is 0.333. The van der Waals surface area contributed by atoms with Crippen LogP contribution in [0.5, 0.6) is 0 Å². The summed E-state index contributed by atoms with van der Waals surface area (Å²) in [5, 5.41) is 2.61. The SMILES string of the molecule is CCn1cccc(NC(=O)N2CCCC2c2ccc(F)cc2F)c1=O. The lowest BCUT2D eigenvalue weighted by Gasteiger charge is -2.25. The summed E-state index contributed by atoms with van der Waals surface area (Å²) in [6.45, 7) is 2.78. The number of carbonyl (C=O) groups excluding carboxylic acids is 1. The van der Waals surface area contributed by atoms with Crippen molar-refractivity contribution in [3.63, 3.8) is 0 Å². The Kier molecular flexibility index (Phi) is 4.83. The average Bonchev–Trinajstić information content (AvgIpc) is 3.06. The van der Waals surface area contributed by atoms with Crippen LogP contribution in [0.2, 0.25) is 0 Å². The van der Waals surface area contributed by atoms with E-state index in [1.165, 1.54) is 27.7 Å². The number of hydrogen-bond donors (Lipinski definition) is 1. The van der Waals surface area contributed by atoms with Crippen molar-refractivity contribution in [2.24, 2.45) is 0 Å². The third-order valence-corrected chi connectivity index (χ3v) is 4.44. The van der Waals surface area contributed by atoms with Gasteiger partial charge in [0.1, 0.15) is 17.3 Å². The molecule has 1 saturated heterocycles. The van der Waals surface area contributed by atoms with Crippen molar-refractivity contribution in [3.05, 3.63) is 64.1 Å². The third kappa shape index (κ3) is 3.40. The Bertz CT molecular complexity index is 850. The highest BCUT2D eigenvalue weighted by Crippen LogP contribution is 2.33. The number of benzene rings is 1. The molecule has 0 spiro atoms. The maximum Gasteiger partial charge on any atom is 0.322 e. The number of urea groups is 1. The molecule has 1 aromatic carbocycles. The van der Waals surface area contributed by atoms with E-state index in [9.17, 15) is 18.4 Å². The Balaban J connectivity index is 1.83. The molecule has 0 aliphatic carbocycles. The summed E-state index contributed by atoms with van der Waals surface area (Å²) in [7, 11) is 0. The van der Waals surface area contributed by atoms with Gasteiger partial charge < -0.3 is 14.8 Å². The minimum Gasteiger partial charge on any atom is -0.317 e. The average molecular weight is 347 g/mol. The van der Waals surface area contributed by atoms with E-state index in [0.717, 1.165) is 6.07 Å². The Hall–Kier alpha value is -2.70. The number of carbonyl (C=O) groups is 1. The monoisotopic (exact) mass is 347 g/mol. The van der Waals surface area contributed by atoms with Crippen LogP contribution < -0.4 is 10.9 Å². The lowest BCUT2D eigenvalue weighted by molar-refractivity contribution is 0.206. The van der Waals surface area contributed by atoms with Gasteiger partial charge in [-0.1, -0.05) is 6.07 Å². The van der Waals surface area contributed by atoms with Crippen LogP contribution in [-0.2, 0) is 6.54 Å². The zero-order chi connectivity index (χ0) is 18.0. The zero-order valence-corrected chi connectivity index (χ0v) is 13.8. The molecule has 1 fully saturated rings.